The van der Waals surface area contributed by atoms with Crippen LogP contribution in [-0.2, 0) is 36.3 Å². The first-order valence-electron chi connectivity index (χ1n) is 16.4. The van der Waals surface area contributed by atoms with Gasteiger partial charge >= 0.3 is 11.9 Å². The van der Waals surface area contributed by atoms with Gasteiger partial charge < -0.3 is 19.7 Å². The lowest BCUT2D eigenvalue weighted by molar-refractivity contribution is -0.143. The summed E-state index contributed by atoms with van der Waals surface area (Å²) < 4.78 is 10.9. The molecule has 0 saturated heterocycles. The van der Waals surface area contributed by atoms with E-state index < -0.39 is 0 Å². The van der Waals surface area contributed by atoms with Crippen LogP contribution in [0.2, 0.25) is 0 Å². The molecule has 0 fully saturated rings. The molecular formula is C39H62O6S. The van der Waals surface area contributed by atoms with Crippen molar-refractivity contribution in [1.29, 1.82) is 0 Å². The van der Waals surface area contributed by atoms with Crippen molar-refractivity contribution < 1.29 is 29.3 Å². The number of allylic oxidation sites excluding steroid dienone is 4. The highest BCUT2D eigenvalue weighted by molar-refractivity contribution is 7.99. The Bertz CT molecular complexity index is 1210. The molecule has 0 bridgehead atoms. The number of phenolic OH excluding ortho intramolecular Hbond substituents is 1. The maximum Gasteiger partial charge on any atom is 0.306 e. The van der Waals surface area contributed by atoms with Crippen molar-refractivity contribution in [2.24, 2.45) is 10.8 Å². The van der Waals surface area contributed by atoms with Crippen LogP contribution < -0.4 is 0 Å². The maximum atomic E-state index is 12.5. The topological polar surface area (TPSA) is 93.1 Å². The molecule has 0 spiro atoms. The number of phenols is 1. The van der Waals surface area contributed by atoms with Crippen LogP contribution in [0.25, 0.3) is 0 Å². The Morgan fingerprint density at radius 2 is 1.24 bits per heavy atom. The Morgan fingerprint density at radius 3 is 1.65 bits per heavy atom. The van der Waals surface area contributed by atoms with Crippen molar-refractivity contribution >= 4 is 23.7 Å². The zero-order chi connectivity index (χ0) is 35.5. The van der Waals surface area contributed by atoms with Gasteiger partial charge in [0.05, 0.1) is 6.61 Å². The molecule has 0 aliphatic heterocycles. The number of rotatable bonds is 15. The van der Waals surface area contributed by atoms with Gasteiger partial charge in [-0.25, -0.2) is 0 Å². The Labute approximate surface area is 284 Å². The minimum Gasteiger partial charge on any atom is -0.507 e. The summed E-state index contributed by atoms with van der Waals surface area (Å²) in [4.78, 5) is 24.9. The molecule has 0 heterocycles. The molecule has 46 heavy (non-hydrogen) atoms. The zero-order valence-corrected chi connectivity index (χ0v) is 31.6. The predicted molar refractivity (Wildman–Crippen MR) is 194 cm³/mol. The van der Waals surface area contributed by atoms with E-state index in [0.29, 0.717) is 36.7 Å². The first kappa shape index (κ1) is 41.5. The summed E-state index contributed by atoms with van der Waals surface area (Å²) in [6.07, 6.45) is 5.55. The monoisotopic (exact) mass is 658 g/mol. The number of thioether (sulfide) groups is 1. The second-order valence-corrected chi connectivity index (χ2v) is 17.4. The third-order valence-corrected chi connectivity index (χ3v) is 8.73. The summed E-state index contributed by atoms with van der Waals surface area (Å²) in [7, 11) is 0. The average Bonchev–Trinajstić information content (AvgIpc) is 2.90. The first-order valence-corrected chi connectivity index (χ1v) is 17.6. The first-order chi connectivity index (χ1) is 21.0. The molecule has 0 aliphatic rings. The molecular weight excluding hydrogens is 596 g/mol. The number of carbonyl (C=O) groups excluding carboxylic acids is 2. The number of benzene rings is 1. The zero-order valence-electron chi connectivity index (χ0n) is 30.8. The van der Waals surface area contributed by atoms with Crippen LogP contribution in [-0.4, -0.2) is 53.5 Å². The van der Waals surface area contributed by atoms with Gasteiger partial charge in [0, 0.05) is 24.3 Å². The van der Waals surface area contributed by atoms with Crippen molar-refractivity contribution in [3.63, 3.8) is 0 Å². The lowest BCUT2D eigenvalue weighted by Gasteiger charge is -2.28. The number of esters is 2. The van der Waals surface area contributed by atoms with E-state index in [0.717, 1.165) is 33.4 Å². The Hall–Kier alpha value is -2.51. The lowest BCUT2D eigenvalue weighted by Crippen LogP contribution is -2.18. The van der Waals surface area contributed by atoms with Crippen molar-refractivity contribution in [3.8, 4) is 5.75 Å². The molecule has 0 saturated carbocycles. The number of aliphatic hydroxyl groups excluding tert-OH is 1. The smallest absolute Gasteiger partial charge is 0.306 e. The van der Waals surface area contributed by atoms with Crippen LogP contribution in [0.5, 0.6) is 5.75 Å². The van der Waals surface area contributed by atoms with Crippen LogP contribution in [0.1, 0.15) is 119 Å². The van der Waals surface area contributed by atoms with E-state index in [9.17, 15) is 19.8 Å². The van der Waals surface area contributed by atoms with Crippen LogP contribution in [0, 0.1) is 10.8 Å². The van der Waals surface area contributed by atoms with Crippen LogP contribution in [0.15, 0.2) is 47.6 Å². The van der Waals surface area contributed by atoms with Crippen molar-refractivity contribution in [2.75, 3.05) is 31.3 Å². The fraction of sp³-hybridized carbons (Fsp3) is 0.641. The average molecular weight is 659 g/mol. The SMILES string of the molecule is C=C(/C=C(\C=C(/CO)C(C)(C)C)CCC(=O)OCCSCCOC(=O)CCc1cc(C(C)(C)C)c(O)c(C(C)(C)C)c1)C(C)(C)C. The highest BCUT2D eigenvalue weighted by Crippen LogP contribution is 2.40. The third kappa shape index (κ3) is 14.9. The highest BCUT2D eigenvalue weighted by Gasteiger charge is 2.26. The van der Waals surface area contributed by atoms with E-state index >= 15 is 0 Å². The van der Waals surface area contributed by atoms with Crippen molar-refractivity contribution in [2.45, 2.75) is 120 Å². The number of ether oxygens (including phenoxy) is 2. The van der Waals surface area contributed by atoms with E-state index in [2.05, 4.69) is 89.7 Å². The summed E-state index contributed by atoms with van der Waals surface area (Å²) >= 11 is 1.57. The van der Waals surface area contributed by atoms with Crippen LogP contribution >= 0.6 is 11.8 Å². The van der Waals surface area contributed by atoms with Gasteiger partial charge in [-0.2, -0.15) is 11.8 Å². The molecule has 0 atom stereocenters. The summed E-state index contributed by atoms with van der Waals surface area (Å²) in [5, 5.41) is 20.8. The number of aromatic hydroxyl groups is 1. The molecule has 7 heteroatoms. The fourth-order valence-electron chi connectivity index (χ4n) is 4.50. The summed E-state index contributed by atoms with van der Waals surface area (Å²) in [6, 6.07) is 4.01. The fourth-order valence-corrected chi connectivity index (χ4v) is 5.11. The molecule has 6 nitrogen and oxygen atoms in total. The molecule has 1 aromatic carbocycles. The number of hydrogen-bond donors (Lipinski definition) is 2. The Balaban J connectivity index is 2.53. The normalized spacial score (nSPS) is 13.5. The predicted octanol–water partition coefficient (Wildman–Crippen LogP) is 9.01. The number of carbonyl (C=O) groups is 2. The summed E-state index contributed by atoms with van der Waals surface area (Å²) in [6.45, 7) is 29.7. The molecule has 0 unspecified atom stereocenters. The number of hydrogen-bond acceptors (Lipinski definition) is 7. The minimum atomic E-state index is -0.271. The molecule has 2 N–H and O–H groups in total. The van der Waals surface area contributed by atoms with Gasteiger partial charge in [-0.15, -0.1) is 0 Å². The Morgan fingerprint density at radius 1 is 0.761 bits per heavy atom. The second-order valence-electron chi connectivity index (χ2n) is 16.2. The Kier molecular flexibility index (Phi) is 15.9. The van der Waals surface area contributed by atoms with Gasteiger partial charge in [0.2, 0.25) is 0 Å². The van der Waals surface area contributed by atoms with E-state index in [1.165, 1.54) is 0 Å². The third-order valence-electron chi connectivity index (χ3n) is 7.82. The summed E-state index contributed by atoms with van der Waals surface area (Å²) in [5.41, 5.74) is 4.85. The molecule has 0 aromatic heterocycles. The van der Waals surface area contributed by atoms with Gasteiger partial charge in [0.1, 0.15) is 19.0 Å². The quantitative estimate of drug-likeness (QED) is 0.110. The van der Waals surface area contributed by atoms with Crippen molar-refractivity contribution in [1.82, 2.24) is 0 Å². The number of aliphatic hydroxyl groups is 1. The molecule has 0 aliphatic carbocycles. The molecule has 0 amide bonds. The van der Waals surface area contributed by atoms with E-state index in [1.54, 1.807) is 11.8 Å². The maximum absolute atomic E-state index is 12.5. The van der Waals surface area contributed by atoms with Crippen LogP contribution in [0.3, 0.4) is 0 Å². The van der Waals surface area contributed by atoms with Gasteiger partial charge in [-0.3, -0.25) is 9.59 Å². The minimum absolute atomic E-state index is 0.0468. The lowest BCUT2D eigenvalue weighted by atomic mass is 9.78. The summed E-state index contributed by atoms with van der Waals surface area (Å²) in [5.74, 6) is 1.05. The van der Waals surface area contributed by atoms with Gasteiger partial charge in [0.25, 0.3) is 0 Å². The molecule has 260 valence electrons. The largest absolute Gasteiger partial charge is 0.507 e. The second kappa shape index (κ2) is 17.6. The van der Waals surface area contributed by atoms with Gasteiger partial charge in [0.15, 0.2) is 0 Å². The standard InChI is InChI=1S/C39H62O6S/c1-27(36(2,3)4)22-28(23-30(26-40)37(5,6)7)14-16-33(41)44-18-20-46-21-19-45-34(42)17-15-29-24-31(38(8,9)10)35(43)32(25-29)39(11,12)13/h22-25,40,43H,1,14-21,26H2,2-13H3/b28-22-,30-23+. The number of aryl methyl sites for hydroxylation is 1. The van der Waals surface area contributed by atoms with Gasteiger partial charge in [-0.05, 0) is 67.9 Å². The molecule has 1 rings (SSSR count). The van der Waals surface area contributed by atoms with Crippen LogP contribution in [0.4, 0.5) is 0 Å². The molecule has 1 aromatic rings. The van der Waals surface area contributed by atoms with Gasteiger partial charge in [-0.1, -0.05) is 114 Å². The molecule has 0 radical (unpaired) electrons. The van der Waals surface area contributed by atoms with E-state index in [-0.39, 0.29) is 59.7 Å². The van der Waals surface area contributed by atoms with E-state index in [1.807, 2.05) is 24.3 Å². The van der Waals surface area contributed by atoms with Crippen molar-refractivity contribution in [3.05, 3.63) is 64.3 Å². The van der Waals surface area contributed by atoms with E-state index in [4.69, 9.17) is 9.47 Å². The highest BCUT2D eigenvalue weighted by atomic mass is 32.2.